The van der Waals surface area contributed by atoms with Crippen LogP contribution >= 0.6 is 0 Å². The fourth-order valence-electron chi connectivity index (χ4n) is 4.32. The molecule has 11 heteroatoms. The molecule has 0 bridgehead atoms. The van der Waals surface area contributed by atoms with Gasteiger partial charge in [-0.05, 0) is 66.1 Å². The number of carbonyl (C=O) groups is 1. The van der Waals surface area contributed by atoms with Crippen LogP contribution < -0.4 is 11.1 Å². The number of rotatable bonds is 4. The lowest BCUT2D eigenvalue weighted by molar-refractivity contribution is -0.137. The fraction of sp³-hybridized carbons (Fsp3) is 0.0690. The summed E-state index contributed by atoms with van der Waals surface area (Å²) in [5.74, 6) is -0.977. The highest BCUT2D eigenvalue weighted by Crippen LogP contribution is 2.44. The molecule has 3 aromatic carbocycles. The number of aromatic hydroxyl groups is 1. The number of nitrogens with one attached hydrogen (secondary N) is 1. The third-order valence-corrected chi connectivity index (χ3v) is 6.25. The van der Waals surface area contributed by atoms with Crippen LogP contribution in [0, 0.1) is 18.3 Å². The van der Waals surface area contributed by atoms with Crippen LogP contribution in [0.4, 0.5) is 24.8 Å². The quantitative estimate of drug-likeness (QED) is 0.250. The molecule has 198 valence electrons. The van der Waals surface area contributed by atoms with Gasteiger partial charge in [0.2, 0.25) is 5.95 Å². The van der Waals surface area contributed by atoms with Crippen molar-refractivity contribution in [2.75, 3.05) is 11.1 Å². The predicted octanol–water partition coefficient (Wildman–Crippen LogP) is 6.10. The minimum absolute atomic E-state index is 0.00132. The average molecular weight is 541 g/mol. The molecule has 5 rings (SSSR count). The number of aromatic nitrogens is 3. The number of benzene rings is 3. The number of nitrogen functional groups attached to an aromatic ring is 1. The van der Waals surface area contributed by atoms with Gasteiger partial charge in [0.05, 0.1) is 28.3 Å². The van der Waals surface area contributed by atoms with E-state index in [1.54, 1.807) is 55.5 Å². The fourth-order valence-corrected chi connectivity index (χ4v) is 4.32. The summed E-state index contributed by atoms with van der Waals surface area (Å²) in [6.45, 7) is 1.80. The molecular formula is C29H19F3N6O2. The van der Waals surface area contributed by atoms with E-state index >= 15 is 0 Å². The molecule has 0 aliphatic carbocycles. The third kappa shape index (κ3) is 4.98. The monoisotopic (exact) mass is 540 g/mol. The van der Waals surface area contributed by atoms with Crippen LogP contribution in [0.25, 0.3) is 33.2 Å². The number of pyridine rings is 1. The van der Waals surface area contributed by atoms with Crippen molar-refractivity contribution in [3.05, 3.63) is 95.4 Å². The maximum atomic E-state index is 13.1. The lowest BCUT2D eigenvalue weighted by atomic mass is 9.91. The van der Waals surface area contributed by atoms with Crippen LogP contribution in [0.1, 0.15) is 27.2 Å². The maximum absolute atomic E-state index is 13.1. The lowest BCUT2D eigenvalue weighted by Gasteiger charge is -2.16. The number of phenols is 1. The number of halogens is 3. The number of anilines is 2. The molecule has 0 unspecified atom stereocenters. The minimum Gasteiger partial charge on any atom is -0.507 e. The molecule has 2 aromatic heterocycles. The van der Waals surface area contributed by atoms with Crippen molar-refractivity contribution in [1.82, 2.24) is 15.0 Å². The molecule has 0 spiro atoms. The first-order chi connectivity index (χ1) is 19.0. The van der Waals surface area contributed by atoms with Gasteiger partial charge in [-0.25, -0.2) is 9.97 Å². The van der Waals surface area contributed by atoms with Crippen molar-refractivity contribution in [3.8, 4) is 34.1 Å². The van der Waals surface area contributed by atoms with E-state index < -0.39 is 23.3 Å². The Morgan fingerprint density at radius 1 is 1.05 bits per heavy atom. The molecule has 8 nitrogen and oxygen atoms in total. The lowest BCUT2D eigenvalue weighted by Crippen LogP contribution is -2.15. The van der Waals surface area contributed by atoms with Gasteiger partial charge in [-0.3, -0.25) is 9.78 Å². The number of hydrogen-bond donors (Lipinski definition) is 3. The molecule has 0 atom stereocenters. The number of hydrogen-bond acceptors (Lipinski definition) is 7. The second-order valence-corrected chi connectivity index (χ2v) is 8.92. The van der Waals surface area contributed by atoms with E-state index in [0.717, 1.165) is 17.8 Å². The normalized spacial score (nSPS) is 11.3. The molecule has 2 heterocycles. The summed E-state index contributed by atoms with van der Waals surface area (Å²) in [5.41, 5.74) is 7.97. The number of carbonyl (C=O) groups excluding carboxylic acids is 1. The Bertz CT molecular complexity index is 1850. The first kappa shape index (κ1) is 26.1. The Balaban J connectivity index is 1.62. The molecule has 4 N–H and O–H groups in total. The predicted molar refractivity (Wildman–Crippen MR) is 143 cm³/mol. The van der Waals surface area contributed by atoms with Gasteiger partial charge < -0.3 is 16.2 Å². The van der Waals surface area contributed by atoms with Gasteiger partial charge >= 0.3 is 6.18 Å². The molecule has 0 aliphatic rings. The molecule has 40 heavy (non-hydrogen) atoms. The van der Waals surface area contributed by atoms with Crippen molar-refractivity contribution in [3.63, 3.8) is 0 Å². The van der Waals surface area contributed by atoms with E-state index in [4.69, 9.17) is 5.73 Å². The van der Waals surface area contributed by atoms with Gasteiger partial charge in [-0.1, -0.05) is 18.2 Å². The number of nitriles is 1. The van der Waals surface area contributed by atoms with E-state index in [9.17, 15) is 28.3 Å². The number of fused-ring (bicyclic) bond motifs is 1. The summed E-state index contributed by atoms with van der Waals surface area (Å²) in [5, 5.41) is 24.1. The summed E-state index contributed by atoms with van der Waals surface area (Å²) >= 11 is 0. The van der Waals surface area contributed by atoms with Crippen LogP contribution in [0.15, 0.2) is 73.1 Å². The zero-order valence-electron chi connectivity index (χ0n) is 20.8. The van der Waals surface area contributed by atoms with E-state index in [2.05, 4.69) is 26.3 Å². The van der Waals surface area contributed by atoms with Gasteiger partial charge in [-0.15, -0.1) is 0 Å². The SMILES string of the molecule is Cc1ccc(NC(=O)c2cc(C(F)(F)F)ccn2)cc1-c1cc2cnc(N)nc2c(-c2cccc(C#N)c2)c1O. The summed E-state index contributed by atoms with van der Waals surface area (Å²) in [6.07, 6.45) is -2.19. The van der Waals surface area contributed by atoms with E-state index in [-0.39, 0.29) is 17.4 Å². The number of nitrogens with two attached hydrogens (primary N) is 1. The van der Waals surface area contributed by atoms with Crippen molar-refractivity contribution in [2.24, 2.45) is 0 Å². The first-order valence-corrected chi connectivity index (χ1v) is 11.8. The van der Waals surface area contributed by atoms with Gasteiger partial charge in [-0.2, -0.15) is 18.4 Å². The summed E-state index contributed by atoms with van der Waals surface area (Å²) in [4.78, 5) is 24.9. The number of phenolic OH excluding ortho intramolecular Hbond substituents is 1. The summed E-state index contributed by atoms with van der Waals surface area (Å²) < 4.78 is 39.3. The minimum atomic E-state index is -4.62. The zero-order chi connectivity index (χ0) is 28.6. The Labute approximate surface area is 225 Å². The van der Waals surface area contributed by atoms with E-state index in [0.29, 0.717) is 44.8 Å². The van der Waals surface area contributed by atoms with Gasteiger partial charge in [0, 0.05) is 29.0 Å². The Hall–Kier alpha value is -5.50. The molecule has 0 radical (unpaired) electrons. The highest BCUT2D eigenvalue weighted by molar-refractivity contribution is 6.05. The molecular weight excluding hydrogens is 521 g/mol. The third-order valence-electron chi connectivity index (χ3n) is 6.25. The van der Waals surface area contributed by atoms with Crippen LogP contribution in [0.2, 0.25) is 0 Å². The van der Waals surface area contributed by atoms with Crippen LogP contribution in [0.3, 0.4) is 0 Å². The summed E-state index contributed by atoms with van der Waals surface area (Å²) in [6, 6.07) is 16.7. The van der Waals surface area contributed by atoms with E-state index in [1.807, 2.05) is 0 Å². The Kier molecular flexibility index (Phi) is 6.53. The topological polar surface area (TPSA) is 138 Å². The van der Waals surface area contributed by atoms with Crippen molar-refractivity contribution < 1.29 is 23.1 Å². The van der Waals surface area contributed by atoms with Gasteiger partial charge in [0.1, 0.15) is 11.4 Å². The number of aryl methyl sites for hydroxylation is 1. The average Bonchev–Trinajstić information content (AvgIpc) is 2.93. The smallest absolute Gasteiger partial charge is 0.416 e. The summed E-state index contributed by atoms with van der Waals surface area (Å²) in [7, 11) is 0. The number of nitrogens with zero attached hydrogens (tertiary/aromatic N) is 4. The standard InChI is InChI=1S/C29H19F3N6O2/c1-15-5-6-20(37-27(40)23-11-19(7-8-35-23)29(30,31)32)12-21(15)22-10-18-14-36-28(34)38-25(18)24(26(22)39)17-4-2-3-16(9-17)13-33/h2-12,14,39H,1H3,(H,37,40)(H2,34,36,38). The van der Waals surface area contributed by atoms with Crippen LogP contribution in [-0.4, -0.2) is 26.0 Å². The molecule has 1 amide bonds. The van der Waals surface area contributed by atoms with Gasteiger partial charge in [0.25, 0.3) is 5.91 Å². The highest BCUT2D eigenvalue weighted by Gasteiger charge is 2.31. The zero-order valence-corrected chi connectivity index (χ0v) is 20.8. The van der Waals surface area contributed by atoms with Gasteiger partial charge in [0.15, 0.2) is 0 Å². The maximum Gasteiger partial charge on any atom is 0.416 e. The highest BCUT2D eigenvalue weighted by atomic mass is 19.4. The Morgan fingerprint density at radius 3 is 2.60 bits per heavy atom. The number of amides is 1. The molecule has 0 saturated carbocycles. The largest absolute Gasteiger partial charge is 0.507 e. The van der Waals surface area contributed by atoms with E-state index in [1.165, 1.54) is 6.20 Å². The van der Waals surface area contributed by atoms with Crippen molar-refractivity contribution >= 4 is 28.4 Å². The molecule has 0 aliphatic heterocycles. The molecule has 0 saturated heterocycles. The Morgan fingerprint density at radius 2 is 1.85 bits per heavy atom. The van der Waals surface area contributed by atoms with Crippen LogP contribution in [0.5, 0.6) is 5.75 Å². The number of alkyl halides is 3. The first-order valence-electron chi connectivity index (χ1n) is 11.8. The van der Waals surface area contributed by atoms with Crippen molar-refractivity contribution in [1.29, 1.82) is 5.26 Å². The van der Waals surface area contributed by atoms with Crippen LogP contribution in [-0.2, 0) is 6.18 Å². The molecule has 5 aromatic rings. The van der Waals surface area contributed by atoms with Crippen molar-refractivity contribution in [2.45, 2.75) is 13.1 Å². The second-order valence-electron chi connectivity index (χ2n) is 8.92. The molecule has 0 fully saturated rings. The second kappa shape index (κ2) is 9.99.